The zero-order valence-electron chi connectivity index (χ0n) is 8.41. The average molecular weight is 187 g/mol. The van der Waals surface area contributed by atoms with E-state index in [9.17, 15) is 9.59 Å². The van der Waals surface area contributed by atoms with Gasteiger partial charge in [-0.25, -0.2) is 4.79 Å². The van der Waals surface area contributed by atoms with Gasteiger partial charge >= 0.3 is 5.97 Å². The van der Waals surface area contributed by atoms with Gasteiger partial charge in [-0.1, -0.05) is 13.8 Å². The van der Waals surface area contributed by atoms with Crippen molar-refractivity contribution in [3.63, 3.8) is 0 Å². The van der Waals surface area contributed by atoms with Crippen LogP contribution in [0.2, 0.25) is 0 Å². The third kappa shape index (κ3) is 3.05. The molecule has 0 spiro atoms. The van der Waals surface area contributed by atoms with Gasteiger partial charge in [-0.05, 0) is 12.8 Å². The Morgan fingerprint density at radius 2 is 1.92 bits per heavy atom. The van der Waals surface area contributed by atoms with Crippen molar-refractivity contribution in [3.05, 3.63) is 0 Å². The van der Waals surface area contributed by atoms with Gasteiger partial charge in [0.1, 0.15) is 6.04 Å². The highest BCUT2D eigenvalue weighted by atomic mass is 16.4. The number of likely N-dealkylation sites (tertiary alicyclic amines) is 1. The second-order valence-corrected chi connectivity index (χ2v) is 2.71. The molecular weight excluding hydrogens is 170 g/mol. The molecule has 0 aromatic heterocycles. The van der Waals surface area contributed by atoms with Gasteiger partial charge in [0.25, 0.3) is 0 Å². The molecule has 4 nitrogen and oxygen atoms in total. The number of hydrogen-bond acceptors (Lipinski definition) is 2. The van der Waals surface area contributed by atoms with Crippen molar-refractivity contribution in [2.75, 3.05) is 6.54 Å². The molecule has 0 aliphatic carbocycles. The zero-order valence-corrected chi connectivity index (χ0v) is 8.41. The van der Waals surface area contributed by atoms with Gasteiger partial charge in [-0.3, -0.25) is 4.79 Å². The van der Waals surface area contributed by atoms with Crippen molar-refractivity contribution < 1.29 is 14.7 Å². The Bertz CT molecular complexity index is 171. The predicted molar refractivity (Wildman–Crippen MR) is 49.4 cm³/mol. The van der Waals surface area contributed by atoms with Crippen LogP contribution in [0.3, 0.4) is 0 Å². The summed E-state index contributed by atoms with van der Waals surface area (Å²) >= 11 is 0. The van der Waals surface area contributed by atoms with Crippen LogP contribution < -0.4 is 0 Å². The van der Waals surface area contributed by atoms with Crippen LogP contribution in [0.5, 0.6) is 0 Å². The molecule has 1 unspecified atom stereocenters. The Morgan fingerprint density at radius 1 is 1.38 bits per heavy atom. The monoisotopic (exact) mass is 187 g/mol. The molecule has 1 saturated heterocycles. The molecule has 4 heteroatoms. The molecule has 0 aromatic rings. The van der Waals surface area contributed by atoms with Crippen molar-refractivity contribution in [2.24, 2.45) is 0 Å². The Morgan fingerprint density at radius 3 is 2.23 bits per heavy atom. The first-order chi connectivity index (χ1) is 6.13. The molecule has 1 N–H and O–H groups in total. The number of carboxylic acid groups (broad SMARTS) is 1. The Kier molecular flexibility index (Phi) is 5.11. The number of aliphatic carboxylic acids is 1. The largest absolute Gasteiger partial charge is 0.480 e. The lowest BCUT2D eigenvalue weighted by Gasteiger charge is -2.18. The summed E-state index contributed by atoms with van der Waals surface area (Å²) in [7, 11) is 0. The summed E-state index contributed by atoms with van der Waals surface area (Å²) in [5.41, 5.74) is 0. The molecule has 1 aliphatic heterocycles. The number of hydrogen-bond donors (Lipinski definition) is 1. The van der Waals surface area contributed by atoms with Crippen LogP contribution in [-0.4, -0.2) is 34.5 Å². The molecule has 1 amide bonds. The third-order valence-electron chi connectivity index (χ3n) is 1.94. The molecule has 1 atom stereocenters. The highest BCUT2D eigenvalue weighted by Crippen LogP contribution is 2.16. The average Bonchev–Trinajstić information content (AvgIpc) is 2.55. The normalized spacial score (nSPS) is 20.5. The summed E-state index contributed by atoms with van der Waals surface area (Å²) in [5.74, 6) is -1.03. The van der Waals surface area contributed by atoms with E-state index in [4.69, 9.17) is 5.11 Å². The fourth-order valence-corrected chi connectivity index (χ4v) is 1.40. The van der Waals surface area contributed by atoms with Crippen LogP contribution >= 0.6 is 0 Å². The van der Waals surface area contributed by atoms with Crippen molar-refractivity contribution in [3.8, 4) is 0 Å². The quantitative estimate of drug-likeness (QED) is 0.669. The van der Waals surface area contributed by atoms with E-state index in [1.807, 2.05) is 13.8 Å². The maximum absolute atomic E-state index is 10.8. The minimum atomic E-state index is -0.891. The van der Waals surface area contributed by atoms with Gasteiger partial charge < -0.3 is 10.0 Å². The zero-order chi connectivity index (χ0) is 10.4. The minimum absolute atomic E-state index is 0.144. The van der Waals surface area contributed by atoms with E-state index in [1.165, 1.54) is 11.8 Å². The van der Waals surface area contributed by atoms with Gasteiger partial charge in [0, 0.05) is 13.5 Å². The SMILES string of the molecule is CC.CC(=O)N1CCCC1C(=O)O. The van der Waals surface area contributed by atoms with Crippen LogP contribution in [0.15, 0.2) is 0 Å². The Hall–Kier alpha value is -1.06. The van der Waals surface area contributed by atoms with Gasteiger partial charge in [0.05, 0.1) is 0 Å². The van der Waals surface area contributed by atoms with Gasteiger partial charge in [-0.15, -0.1) is 0 Å². The lowest BCUT2D eigenvalue weighted by atomic mass is 10.2. The molecule has 76 valence electrons. The molecule has 0 bridgehead atoms. The molecular formula is C9H17NO3. The molecule has 1 rings (SSSR count). The smallest absolute Gasteiger partial charge is 0.326 e. The van der Waals surface area contributed by atoms with E-state index >= 15 is 0 Å². The Labute approximate surface area is 78.5 Å². The molecule has 1 fully saturated rings. The van der Waals surface area contributed by atoms with Gasteiger partial charge in [0.15, 0.2) is 0 Å². The number of carbonyl (C=O) groups excluding carboxylic acids is 1. The number of nitrogens with zero attached hydrogens (tertiary/aromatic N) is 1. The third-order valence-corrected chi connectivity index (χ3v) is 1.94. The maximum Gasteiger partial charge on any atom is 0.326 e. The highest BCUT2D eigenvalue weighted by Gasteiger charge is 2.31. The van der Waals surface area contributed by atoms with E-state index in [0.29, 0.717) is 13.0 Å². The standard InChI is InChI=1S/C7H11NO3.C2H6/c1-5(9)8-4-2-3-6(8)7(10)11;1-2/h6H,2-4H2,1H3,(H,10,11);1-2H3. The predicted octanol–water partition coefficient (Wildman–Crippen LogP) is 1.11. The molecule has 0 saturated carbocycles. The lowest BCUT2D eigenvalue weighted by Crippen LogP contribution is -2.38. The molecule has 13 heavy (non-hydrogen) atoms. The number of carbonyl (C=O) groups is 2. The van der Waals surface area contributed by atoms with Crippen LogP contribution in [0, 0.1) is 0 Å². The Balaban J connectivity index is 0.000000671. The first-order valence-electron chi connectivity index (χ1n) is 4.63. The van der Waals surface area contributed by atoms with Crippen molar-refractivity contribution in [2.45, 2.75) is 39.7 Å². The van der Waals surface area contributed by atoms with Crippen LogP contribution in [0.1, 0.15) is 33.6 Å². The molecule has 0 radical (unpaired) electrons. The fourth-order valence-electron chi connectivity index (χ4n) is 1.40. The number of carboxylic acids is 1. The van der Waals surface area contributed by atoms with E-state index in [1.54, 1.807) is 0 Å². The second kappa shape index (κ2) is 5.56. The van der Waals surface area contributed by atoms with Crippen molar-refractivity contribution in [1.82, 2.24) is 4.90 Å². The maximum atomic E-state index is 10.8. The summed E-state index contributed by atoms with van der Waals surface area (Å²) in [6.07, 6.45) is 1.39. The topological polar surface area (TPSA) is 57.6 Å². The van der Waals surface area contributed by atoms with E-state index < -0.39 is 12.0 Å². The van der Waals surface area contributed by atoms with E-state index in [-0.39, 0.29) is 5.91 Å². The summed E-state index contributed by atoms with van der Waals surface area (Å²) < 4.78 is 0. The van der Waals surface area contributed by atoms with E-state index in [0.717, 1.165) is 6.42 Å². The summed E-state index contributed by atoms with van der Waals surface area (Å²) in [5, 5.41) is 8.64. The lowest BCUT2D eigenvalue weighted by molar-refractivity contribution is -0.147. The van der Waals surface area contributed by atoms with Crippen LogP contribution in [0.4, 0.5) is 0 Å². The van der Waals surface area contributed by atoms with Crippen LogP contribution in [0.25, 0.3) is 0 Å². The van der Waals surface area contributed by atoms with Crippen LogP contribution in [-0.2, 0) is 9.59 Å². The van der Waals surface area contributed by atoms with Crippen molar-refractivity contribution >= 4 is 11.9 Å². The number of rotatable bonds is 1. The molecule has 1 aliphatic rings. The second-order valence-electron chi connectivity index (χ2n) is 2.71. The fraction of sp³-hybridized carbons (Fsp3) is 0.778. The van der Waals surface area contributed by atoms with Gasteiger partial charge in [0.2, 0.25) is 5.91 Å². The first kappa shape index (κ1) is 11.9. The molecule has 1 heterocycles. The minimum Gasteiger partial charge on any atom is -0.480 e. The number of amides is 1. The highest BCUT2D eigenvalue weighted by molar-refractivity contribution is 5.82. The first-order valence-corrected chi connectivity index (χ1v) is 4.63. The summed E-state index contributed by atoms with van der Waals surface area (Å²) in [6.45, 7) is 5.99. The summed E-state index contributed by atoms with van der Waals surface area (Å²) in [6, 6.07) is -0.576. The van der Waals surface area contributed by atoms with Gasteiger partial charge in [-0.2, -0.15) is 0 Å². The van der Waals surface area contributed by atoms with E-state index in [2.05, 4.69) is 0 Å². The molecule has 0 aromatic carbocycles. The van der Waals surface area contributed by atoms with Crippen molar-refractivity contribution in [1.29, 1.82) is 0 Å². The summed E-state index contributed by atoms with van der Waals surface area (Å²) in [4.78, 5) is 22.8.